The number of thiophene rings is 1. The van der Waals surface area contributed by atoms with Crippen molar-refractivity contribution in [3.63, 3.8) is 0 Å². The molecule has 2 rings (SSSR count). The van der Waals surface area contributed by atoms with Crippen LogP contribution < -0.4 is 5.32 Å². The van der Waals surface area contributed by atoms with Gasteiger partial charge in [0.1, 0.15) is 6.04 Å². The summed E-state index contributed by atoms with van der Waals surface area (Å²) in [5.41, 5.74) is 2.16. The molecule has 0 saturated heterocycles. The van der Waals surface area contributed by atoms with Gasteiger partial charge >= 0.3 is 5.97 Å². The Balaban J connectivity index is 2.13. The molecule has 0 bridgehead atoms. The normalized spacial score (nSPS) is 13.5. The van der Waals surface area contributed by atoms with Crippen molar-refractivity contribution in [1.29, 1.82) is 0 Å². The number of carboxylic acids is 1. The lowest BCUT2D eigenvalue weighted by molar-refractivity contribution is -0.142. The number of amides is 1. The summed E-state index contributed by atoms with van der Waals surface area (Å²) in [6.07, 6.45) is 0. The second-order valence-corrected chi connectivity index (χ2v) is 6.84. The fourth-order valence-electron chi connectivity index (χ4n) is 2.29. The zero-order valence-corrected chi connectivity index (χ0v) is 14.8. The average Bonchev–Trinajstić information content (AvgIpc) is 3.06. The van der Waals surface area contributed by atoms with E-state index in [1.165, 1.54) is 4.90 Å². The molecule has 1 amide bonds. The van der Waals surface area contributed by atoms with Crippen molar-refractivity contribution in [2.45, 2.75) is 25.9 Å². The van der Waals surface area contributed by atoms with Gasteiger partial charge in [0.15, 0.2) is 0 Å². The van der Waals surface area contributed by atoms with Crippen LogP contribution in [0.15, 0.2) is 41.8 Å². The third-order valence-corrected chi connectivity index (χ3v) is 4.89. The number of nitrogens with zero attached hydrogens (tertiary/aromatic N) is 1. The van der Waals surface area contributed by atoms with Crippen LogP contribution >= 0.6 is 11.3 Å². The van der Waals surface area contributed by atoms with Gasteiger partial charge in [-0.15, -0.1) is 11.3 Å². The van der Waals surface area contributed by atoms with Crippen LogP contribution in [0.25, 0.3) is 0 Å². The topological polar surface area (TPSA) is 69.6 Å². The lowest BCUT2D eigenvalue weighted by atomic mass is 10.0. The molecule has 0 aliphatic rings. The van der Waals surface area contributed by atoms with Gasteiger partial charge in [0, 0.05) is 4.88 Å². The van der Waals surface area contributed by atoms with Gasteiger partial charge in [0.25, 0.3) is 0 Å². The van der Waals surface area contributed by atoms with Crippen LogP contribution in [0.2, 0.25) is 0 Å². The van der Waals surface area contributed by atoms with Gasteiger partial charge in [0.2, 0.25) is 5.91 Å². The van der Waals surface area contributed by atoms with Gasteiger partial charge in [-0.05, 0) is 37.9 Å². The van der Waals surface area contributed by atoms with Gasteiger partial charge in [-0.25, -0.2) is 0 Å². The molecule has 0 saturated carbocycles. The lowest BCUT2D eigenvalue weighted by Crippen LogP contribution is -2.43. The quantitative estimate of drug-likeness (QED) is 0.809. The highest BCUT2D eigenvalue weighted by Gasteiger charge is 2.22. The smallest absolute Gasteiger partial charge is 0.320 e. The minimum Gasteiger partial charge on any atom is -0.480 e. The van der Waals surface area contributed by atoms with Crippen molar-refractivity contribution in [3.05, 3.63) is 57.8 Å². The average molecular weight is 346 g/mol. The summed E-state index contributed by atoms with van der Waals surface area (Å²) in [6, 6.07) is 11.0. The van der Waals surface area contributed by atoms with E-state index in [-0.39, 0.29) is 18.5 Å². The minimum absolute atomic E-state index is 0.0290. The molecule has 0 spiro atoms. The molecule has 0 radical (unpaired) electrons. The van der Waals surface area contributed by atoms with E-state index in [0.29, 0.717) is 0 Å². The maximum Gasteiger partial charge on any atom is 0.320 e. The molecule has 1 aromatic carbocycles. The van der Waals surface area contributed by atoms with E-state index in [1.54, 1.807) is 25.3 Å². The Labute approximate surface area is 145 Å². The van der Waals surface area contributed by atoms with Gasteiger partial charge in [-0.1, -0.05) is 35.9 Å². The Hall–Kier alpha value is -2.18. The van der Waals surface area contributed by atoms with Gasteiger partial charge in [0.05, 0.1) is 12.6 Å². The summed E-state index contributed by atoms with van der Waals surface area (Å²) < 4.78 is 0. The number of aryl methyl sites for hydroxylation is 1. The Morgan fingerprint density at radius 2 is 1.92 bits per heavy atom. The molecule has 2 unspecified atom stereocenters. The SMILES string of the molecule is Cc1ccc(C(NC(=O)CN(C)C(C)C(=O)O)c2cccs2)cc1. The molecule has 2 atom stereocenters. The molecule has 128 valence electrons. The number of hydrogen-bond acceptors (Lipinski definition) is 4. The van der Waals surface area contributed by atoms with E-state index in [9.17, 15) is 9.59 Å². The molecule has 0 aliphatic heterocycles. The summed E-state index contributed by atoms with van der Waals surface area (Å²) >= 11 is 1.58. The second kappa shape index (κ2) is 8.08. The number of likely N-dealkylation sites (N-methyl/N-ethyl adjacent to an activating group) is 1. The van der Waals surface area contributed by atoms with Crippen LogP contribution in [-0.2, 0) is 9.59 Å². The number of rotatable bonds is 7. The number of hydrogen-bond donors (Lipinski definition) is 2. The first-order valence-corrected chi connectivity index (χ1v) is 8.59. The van der Waals surface area contributed by atoms with Gasteiger partial charge < -0.3 is 10.4 Å². The van der Waals surface area contributed by atoms with Crippen LogP contribution in [0, 0.1) is 6.92 Å². The first-order valence-electron chi connectivity index (χ1n) is 7.71. The molecule has 0 aliphatic carbocycles. The summed E-state index contributed by atoms with van der Waals surface area (Å²) in [4.78, 5) is 26.0. The molecule has 2 aromatic rings. The van der Waals surface area contributed by atoms with Crippen LogP contribution in [0.4, 0.5) is 0 Å². The lowest BCUT2D eigenvalue weighted by Gasteiger charge is -2.23. The maximum absolute atomic E-state index is 12.4. The zero-order chi connectivity index (χ0) is 17.7. The summed E-state index contributed by atoms with van der Waals surface area (Å²) in [5.74, 6) is -1.15. The van der Waals surface area contributed by atoms with Crippen molar-refractivity contribution in [1.82, 2.24) is 10.2 Å². The highest BCUT2D eigenvalue weighted by Crippen LogP contribution is 2.26. The third kappa shape index (κ3) is 4.66. The fraction of sp³-hybridized carbons (Fsp3) is 0.333. The molecular formula is C18H22N2O3S. The van der Waals surface area contributed by atoms with Crippen LogP contribution in [0.5, 0.6) is 0 Å². The van der Waals surface area contributed by atoms with E-state index < -0.39 is 12.0 Å². The molecule has 1 aromatic heterocycles. The van der Waals surface area contributed by atoms with Crippen molar-refractivity contribution >= 4 is 23.2 Å². The van der Waals surface area contributed by atoms with Crippen LogP contribution in [0.1, 0.15) is 29.0 Å². The van der Waals surface area contributed by atoms with Crippen LogP contribution in [0.3, 0.4) is 0 Å². The standard InChI is InChI=1S/C18H22N2O3S/c1-12-6-8-14(9-7-12)17(15-5-4-10-24-15)19-16(21)11-20(3)13(2)18(22)23/h4-10,13,17H,11H2,1-3H3,(H,19,21)(H,22,23). The van der Waals surface area contributed by atoms with E-state index in [0.717, 1.165) is 16.0 Å². The largest absolute Gasteiger partial charge is 0.480 e. The predicted octanol–water partition coefficient (Wildman–Crippen LogP) is 2.67. The number of carbonyl (C=O) groups is 2. The van der Waals surface area contributed by atoms with Crippen molar-refractivity contribution < 1.29 is 14.7 Å². The maximum atomic E-state index is 12.4. The Kier molecular flexibility index (Phi) is 6.11. The second-order valence-electron chi connectivity index (χ2n) is 5.86. The van der Waals surface area contributed by atoms with E-state index in [4.69, 9.17) is 5.11 Å². The molecule has 0 fully saturated rings. The van der Waals surface area contributed by atoms with Crippen LogP contribution in [-0.4, -0.2) is 41.5 Å². The molecule has 1 heterocycles. The number of carbonyl (C=O) groups excluding carboxylic acids is 1. The Morgan fingerprint density at radius 3 is 2.46 bits per heavy atom. The predicted molar refractivity (Wildman–Crippen MR) is 95.2 cm³/mol. The van der Waals surface area contributed by atoms with E-state index in [1.807, 2.05) is 48.7 Å². The minimum atomic E-state index is -0.946. The van der Waals surface area contributed by atoms with Crippen molar-refractivity contribution in [2.24, 2.45) is 0 Å². The molecule has 24 heavy (non-hydrogen) atoms. The Morgan fingerprint density at radius 1 is 1.25 bits per heavy atom. The Bertz CT molecular complexity index is 683. The molecular weight excluding hydrogens is 324 g/mol. The highest BCUT2D eigenvalue weighted by atomic mass is 32.1. The molecule has 2 N–H and O–H groups in total. The number of carboxylic acid groups (broad SMARTS) is 1. The third-order valence-electron chi connectivity index (χ3n) is 3.96. The molecule has 5 nitrogen and oxygen atoms in total. The zero-order valence-electron chi connectivity index (χ0n) is 14.0. The van der Waals surface area contributed by atoms with Gasteiger partial charge in [-0.3, -0.25) is 14.5 Å². The van der Waals surface area contributed by atoms with E-state index in [2.05, 4.69) is 5.32 Å². The van der Waals surface area contributed by atoms with Gasteiger partial charge in [-0.2, -0.15) is 0 Å². The number of benzene rings is 1. The van der Waals surface area contributed by atoms with Crippen molar-refractivity contribution in [3.8, 4) is 0 Å². The number of aliphatic carboxylic acids is 1. The summed E-state index contributed by atoms with van der Waals surface area (Å²) in [6.45, 7) is 3.61. The fourth-order valence-corrected chi connectivity index (χ4v) is 3.09. The summed E-state index contributed by atoms with van der Waals surface area (Å²) in [7, 11) is 1.63. The first-order chi connectivity index (χ1) is 11.4. The number of nitrogens with one attached hydrogen (secondary N) is 1. The summed E-state index contributed by atoms with van der Waals surface area (Å²) in [5, 5.41) is 14.0. The molecule has 6 heteroatoms. The van der Waals surface area contributed by atoms with E-state index >= 15 is 0 Å². The highest BCUT2D eigenvalue weighted by molar-refractivity contribution is 7.10. The first kappa shape index (κ1) is 18.2. The van der Waals surface area contributed by atoms with Crippen molar-refractivity contribution in [2.75, 3.05) is 13.6 Å². The monoisotopic (exact) mass is 346 g/mol.